The van der Waals surface area contributed by atoms with Gasteiger partial charge in [0.1, 0.15) is 5.70 Å². The number of nitrogens with zero attached hydrogens (tertiary/aromatic N) is 3. The van der Waals surface area contributed by atoms with Crippen LogP contribution < -0.4 is 5.32 Å². The molecule has 26 heavy (non-hydrogen) atoms. The van der Waals surface area contributed by atoms with Crippen LogP contribution in [0.25, 0.3) is 0 Å². The minimum absolute atomic E-state index is 0.0606. The molecule has 2 aromatic rings. The molecular weight excluding hydrogens is 332 g/mol. The van der Waals surface area contributed by atoms with Crippen molar-refractivity contribution in [1.82, 2.24) is 0 Å². The van der Waals surface area contributed by atoms with Gasteiger partial charge in [0, 0.05) is 17.8 Å². The maximum absolute atomic E-state index is 12.5. The fourth-order valence-electron chi connectivity index (χ4n) is 2.22. The van der Waals surface area contributed by atoms with Crippen LogP contribution in [0.15, 0.2) is 64.0 Å². The number of nitro groups is 1. The van der Waals surface area contributed by atoms with Gasteiger partial charge >= 0.3 is 0 Å². The number of non-ortho nitro benzene ring substituents is 1. The standard InChI is InChI=1S/C19H20N4O3/c1-12(2)18(19(24)20-15-8-6-5-7-9-15)22-21-17-11-16(23(25)26)10-13(3)14(17)4/h5-11H,1-4H3,(H,20,24). The van der Waals surface area contributed by atoms with E-state index in [4.69, 9.17) is 0 Å². The first-order valence-electron chi connectivity index (χ1n) is 8.01. The van der Waals surface area contributed by atoms with Gasteiger partial charge in [0.05, 0.1) is 10.6 Å². The fourth-order valence-corrected chi connectivity index (χ4v) is 2.22. The number of allylic oxidation sites excluding steroid dienone is 1. The minimum Gasteiger partial charge on any atom is -0.321 e. The molecule has 2 aromatic carbocycles. The first-order chi connectivity index (χ1) is 12.3. The molecule has 0 fully saturated rings. The highest BCUT2D eigenvalue weighted by Crippen LogP contribution is 2.29. The molecule has 0 saturated heterocycles. The van der Waals surface area contributed by atoms with E-state index in [2.05, 4.69) is 15.5 Å². The zero-order chi connectivity index (χ0) is 19.3. The first-order valence-corrected chi connectivity index (χ1v) is 8.01. The van der Waals surface area contributed by atoms with Gasteiger partial charge in [-0.15, -0.1) is 10.2 Å². The number of anilines is 1. The first kappa shape index (κ1) is 19.0. The fraction of sp³-hybridized carbons (Fsp3) is 0.211. The Balaban J connectivity index is 2.32. The molecule has 2 rings (SSSR count). The highest BCUT2D eigenvalue weighted by molar-refractivity contribution is 6.03. The van der Waals surface area contributed by atoms with Gasteiger partial charge < -0.3 is 5.32 Å². The molecular formula is C19H20N4O3. The van der Waals surface area contributed by atoms with Gasteiger partial charge in [0.2, 0.25) is 0 Å². The van der Waals surface area contributed by atoms with Crippen LogP contribution in [-0.2, 0) is 4.79 Å². The van der Waals surface area contributed by atoms with E-state index in [-0.39, 0.29) is 17.3 Å². The third-order valence-electron chi connectivity index (χ3n) is 3.81. The van der Waals surface area contributed by atoms with E-state index in [1.807, 2.05) is 18.2 Å². The molecule has 134 valence electrons. The molecule has 0 radical (unpaired) electrons. The Labute approximate surface area is 151 Å². The Kier molecular flexibility index (Phi) is 5.95. The van der Waals surface area contributed by atoms with Gasteiger partial charge in [-0.1, -0.05) is 18.2 Å². The largest absolute Gasteiger partial charge is 0.321 e. The van der Waals surface area contributed by atoms with Gasteiger partial charge in [0.25, 0.3) is 11.6 Å². The lowest BCUT2D eigenvalue weighted by Crippen LogP contribution is -2.14. The van der Waals surface area contributed by atoms with Gasteiger partial charge in [0.15, 0.2) is 0 Å². The number of nitrogens with one attached hydrogen (secondary N) is 1. The molecule has 0 unspecified atom stereocenters. The summed E-state index contributed by atoms with van der Waals surface area (Å²) in [6, 6.07) is 11.9. The Hall–Kier alpha value is -3.35. The van der Waals surface area contributed by atoms with Crippen LogP contribution in [0.1, 0.15) is 25.0 Å². The van der Waals surface area contributed by atoms with E-state index in [1.54, 1.807) is 39.8 Å². The van der Waals surface area contributed by atoms with Crippen LogP contribution in [0.4, 0.5) is 17.1 Å². The van der Waals surface area contributed by atoms with Crippen molar-refractivity contribution in [3.63, 3.8) is 0 Å². The highest BCUT2D eigenvalue weighted by Gasteiger charge is 2.14. The Morgan fingerprint density at radius 1 is 1.12 bits per heavy atom. The number of amides is 1. The Morgan fingerprint density at radius 2 is 1.77 bits per heavy atom. The predicted octanol–water partition coefficient (Wildman–Crippen LogP) is 5.23. The summed E-state index contributed by atoms with van der Waals surface area (Å²) in [4.78, 5) is 23.0. The second-order valence-corrected chi connectivity index (χ2v) is 6.03. The number of aryl methyl sites for hydroxylation is 1. The van der Waals surface area contributed by atoms with Crippen LogP contribution in [0.5, 0.6) is 0 Å². The van der Waals surface area contributed by atoms with Crippen LogP contribution in [0.2, 0.25) is 0 Å². The number of azo groups is 1. The number of carbonyl (C=O) groups excluding carboxylic acids is 1. The number of rotatable bonds is 5. The lowest BCUT2D eigenvalue weighted by molar-refractivity contribution is -0.384. The lowest BCUT2D eigenvalue weighted by Gasteiger charge is -2.07. The number of nitro benzene ring substituents is 1. The van der Waals surface area contributed by atoms with Gasteiger partial charge in [-0.3, -0.25) is 14.9 Å². The lowest BCUT2D eigenvalue weighted by atomic mass is 10.1. The monoisotopic (exact) mass is 352 g/mol. The van der Waals surface area contributed by atoms with E-state index >= 15 is 0 Å². The van der Waals surface area contributed by atoms with Crippen molar-refractivity contribution in [2.45, 2.75) is 27.7 Å². The van der Waals surface area contributed by atoms with Crippen LogP contribution >= 0.6 is 0 Å². The Morgan fingerprint density at radius 3 is 2.35 bits per heavy atom. The molecule has 0 aliphatic rings. The third-order valence-corrected chi connectivity index (χ3v) is 3.81. The van der Waals surface area contributed by atoms with Crippen LogP contribution in [0.3, 0.4) is 0 Å². The average Bonchev–Trinajstić information content (AvgIpc) is 2.58. The molecule has 0 bridgehead atoms. The number of carbonyl (C=O) groups is 1. The van der Waals surface area contributed by atoms with E-state index in [0.29, 0.717) is 16.9 Å². The molecule has 1 amide bonds. The van der Waals surface area contributed by atoms with Gasteiger partial charge in [-0.25, -0.2) is 0 Å². The molecule has 1 N–H and O–H groups in total. The third kappa shape index (κ3) is 4.60. The summed E-state index contributed by atoms with van der Waals surface area (Å²) in [5.74, 6) is -0.389. The zero-order valence-electron chi connectivity index (χ0n) is 15.1. The molecule has 7 nitrogen and oxygen atoms in total. The molecule has 0 atom stereocenters. The quantitative estimate of drug-likeness (QED) is 0.345. The molecule has 0 spiro atoms. The zero-order valence-corrected chi connectivity index (χ0v) is 15.1. The average molecular weight is 352 g/mol. The number of hydrogen-bond acceptors (Lipinski definition) is 5. The van der Waals surface area contributed by atoms with Crippen LogP contribution in [-0.4, -0.2) is 10.8 Å². The summed E-state index contributed by atoms with van der Waals surface area (Å²) in [5.41, 5.74) is 3.31. The summed E-state index contributed by atoms with van der Waals surface area (Å²) < 4.78 is 0. The maximum atomic E-state index is 12.5. The normalized spacial score (nSPS) is 10.6. The minimum atomic E-state index is -0.477. The van der Waals surface area contributed by atoms with Crippen molar-refractivity contribution in [2.24, 2.45) is 10.2 Å². The summed E-state index contributed by atoms with van der Waals surface area (Å²) in [6.45, 7) is 7.08. The van der Waals surface area contributed by atoms with Crippen molar-refractivity contribution in [3.05, 3.63) is 75.0 Å². The van der Waals surface area contributed by atoms with E-state index < -0.39 is 4.92 Å². The summed E-state index contributed by atoms with van der Waals surface area (Å²) >= 11 is 0. The van der Waals surface area contributed by atoms with Gasteiger partial charge in [-0.05, 0) is 56.5 Å². The van der Waals surface area contributed by atoms with Crippen molar-refractivity contribution in [1.29, 1.82) is 0 Å². The summed E-state index contributed by atoms with van der Waals surface area (Å²) in [7, 11) is 0. The number of para-hydroxylation sites is 1. The molecule has 0 aromatic heterocycles. The van der Waals surface area contributed by atoms with E-state index in [0.717, 1.165) is 11.1 Å². The topological polar surface area (TPSA) is 97.0 Å². The second kappa shape index (κ2) is 8.15. The summed E-state index contributed by atoms with van der Waals surface area (Å²) in [5, 5.41) is 21.9. The highest BCUT2D eigenvalue weighted by atomic mass is 16.6. The maximum Gasteiger partial charge on any atom is 0.276 e. The molecule has 0 aliphatic carbocycles. The van der Waals surface area contributed by atoms with Crippen LogP contribution in [0, 0.1) is 24.0 Å². The van der Waals surface area contributed by atoms with Gasteiger partial charge in [-0.2, -0.15) is 0 Å². The van der Waals surface area contributed by atoms with E-state index in [1.165, 1.54) is 12.1 Å². The van der Waals surface area contributed by atoms with E-state index in [9.17, 15) is 14.9 Å². The Bertz CT molecular complexity index is 899. The molecule has 7 heteroatoms. The molecule has 0 aliphatic heterocycles. The number of hydrogen-bond donors (Lipinski definition) is 1. The second-order valence-electron chi connectivity index (χ2n) is 6.03. The molecule has 0 heterocycles. The SMILES string of the molecule is CC(C)=C(N=Nc1cc([N+](=O)[O-])cc(C)c1C)C(=O)Nc1ccccc1. The smallest absolute Gasteiger partial charge is 0.276 e. The molecule has 0 saturated carbocycles. The van der Waals surface area contributed by atoms with Crippen molar-refractivity contribution >= 4 is 23.0 Å². The predicted molar refractivity (Wildman–Crippen MR) is 101 cm³/mol. The van der Waals surface area contributed by atoms with Crippen molar-refractivity contribution < 1.29 is 9.72 Å². The number of benzene rings is 2. The van der Waals surface area contributed by atoms with Crippen molar-refractivity contribution in [3.8, 4) is 0 Å². The summed E-state index contributed by atoms with van der Waals surface area (Å²) in [6.07, 6.45) is 0. The van der Waals surface area contributed by atoms with Crippen molar-refractivity contribution in [2.75, 3.05) is 5.32 Å².